The Bertz CT molecular complexity index is 662. The zero-order valence-corrected chi connectivity index (χ0v) is 20.7. The van der Waals surface area contributed by atoms with E-state index < -0.39 is 0 Å². The fourth-order valence-electron chi connectivity index (χ4n) is 4.44. The van der Waals surface area contributed by atoms with E-state index in [2.05, 4.69) is 58.4 Å². The third-order valence-corrected chi connectivity index (χ3v) is 5.94. The van der Waals surface area contributed by atoms with Crippen LogP contribution in [0.15, 0.2) is 23.3 Å². The molecule has 2 aliphatic rings. The fraction of sp³-hybridized carbons (Fsp3) is 0.727. The van der Waals surface area contributed by atoms with Crippen LogP contribution in [0, 0.1) is 11.3 Å². The van der Waals surface area contributed by atoms with Crippen molar-refractivity contribution in [1.29, 1.82) is 0 Å². The van der Waals surface area contributed by atoms with Crippen molar-refractivity contribution in [3.8, 4) is 0 Å². The molecule has 29 heavy (non-hydrogen) atoms. The highest BCUT2D eigenvalue weighted by atomic mass is 127. The minimum atomic E-state index is 0. The molecule has 3 rings (SSSR count). The molecule has 1 aliphatic heterocycles. The Labute approximate surface area is 193 Å². The molecule has 1 saturated carbocycles. The van der Waals surface area contributed by atoms with Gasteiger partial charge >= 0.3 is 0 Å². The second-order valence-corrected chi connectivity index (χ2v) is 8.88. The van der Waals surface area contributed by atoms with Gasteiger partial charge in [-0.2, -0.15) is 0 Å². The van der Waals surface area contributed by atoms with Crippen LogP contribution in [0.1, 0.15) is 52.0 Å². The van der Waals surface area contributed by atoms with E-state index in [-0.39, 0.29) is 30.1 Å². The topological polar surface area (TPSA) is 61.8 Å². The molecule has 6 nitrogen and oxygen atoms in total. The molecule has 0 spiro atoms. The number of ether oxygens (including phenoxy) is 1. The van der Waals surface area contributed by atoms with Crippen LogP contribution < -0.4 is 15.5 Å². The zero-order chi connectivity index (χ0) is 20.0. The number of anilines is 1. The third-order valence-electron chi connectivity index (χ3n) is 5.94. The van der Waals surface area contributed by atoms with E-state index in [9.17, 15) is 0 Å². The van der Waals surface area contributed by atoms with Crippen LogP contribution in [0.2, 0.25) is 0 Å². The molecule has 2 N–H and O–H groups in total. The molecule has 1 unspecified atom stereocenters. The second-order valence-electron chi connectivity index (χ2n) is 8.88. The zero-order valence-electron chi connectivity index (χ0n) is 18.4. The van der Waals surface area contributed by atoms with Crippen molar-refractivity contribution in [3.05, 3.63) is 23.9 Å². The van der Waals surface area contributed by atoms with Gasteiger partial charge in [0.05, 0.1) is 12.7 Å². The first kappa shape index (κ1) is 24.2. The summed E-state index contributed by atoms with van der Waals surface area (Å²) in [5.74, 6) is 2.66. The van der Waals surface area contributed by atoms with Gasteiger partial charge < -0.3 is 20.3 Å². The third kappa shape index (κ3) is 6.98. The van der Waals surface area contributed by atoms with Crippen LogP contribution >= 0.6 is 24.0 Å². The lowest BCUT2D eigenvalue weighted by molar-refractivity contribution is 0.0529. The Morgan fingerprint density at radius 2 is 2.17 bits per heavy atom. The predicted octanol–water partition coefficient (Wildman–Crippen LogP) is 3.81. The molecule has 164 valence electrons. The largest absolute Gasteiger partial charge is 0.375 e. The molecule has 0 amide bonds. The minimum Gasteiger partial charge on any atom is -0.375 e. The number of aromatic nitrogens is 1. The van der Waals surface area contributed by atoms with E-state index in [0.717, 1.165) is 50.5 Å². The molecule has 1 aliphatic carbocycles. The lowest BCUT2D eigenvalue weighted by atomic mass is 9.64. The van der Waals surface area contributed by atoms with Crippen LogP contribution in [0.3, 0.4) is 0 Å². The van der Waals surface area contributed by atoms with Crippen LogP contribution in [0.25, 0.3) is 0 Å². The number of nitrogens with one attached hydrogen (secondary N) is 2. The Hall–Kier alpha value is -1.09. The number of guanidine groups is 1. The number of pyridine rings is 1. The van der Waals surface area contributed by atoms with Crippen molar-refractivity contribution >= 4 is 35.8 Å². The normalized spacial score (nSPS) is 21.3. The van der Waals surface area contributed by atoms with Crippen molar-refractivity contribution in [1.82, 2.24) is 15.6 Å². The van der Waals surface area contributed by atoms with Crippen molar-refractivity contribution < 1.29 is 4.74 Å². The van der Waals surface area contributed by atoms with E-state index in [0.29, 0.717) is 5.41 Å². The number of hydrogen-bond acceptors (Lipinski definition) is 4. The molecule has 1 atom stereocenters. The molecule has 0 bridgehead atoms. The summed E-state index contributed by atoms with van der Waals surface area (Å²) in [5.41, 5.74) is 1.68. The Morgan fingerprint density at radius 1 is 1.38 bits per heavy atom. The summed E-state index contributed by atoms with van der Waals surface area (Å²) in [6, 6.07) is 4.24. The quantitative estimate of drug-likeness (QED) is 0.329. The van der Waals surface area contributed by atoms with Crippen molar-refractivity contribution in [3.63, 3.8) is 0 Å². The number of hydrogen-bond donors (Lipinski definition) is 2. The first-order valence-corrected chi connectivity index (χ1v) is 10.8. The number of halogens is 1. The van der Waals surface area contributed by atoms with Gasteiger partial charge in [-0.15, -0.1) is 24.0 Å². The fourth-order valence-corrected chi connectivity index (χ4v) is 4.44. The summed E-state index contributed by atoms with van der Waals surface area (Å²) >= 11 is 0. The van der Waals surface area contributed by atoms with Crippen LogP contribution in [-0.2, 0) is 11.3 Å². The van der Waals surface area contributed by atoms with Gasteiger partial charge in [0, 0.05) is 39.4 Å². The van der Waals surface area contributed by atoms with Gasteiger partial charge in [0.1, 0.15) is 5.82 Å². The molecule has 2 heterocycles. The summed E-state index contributed by atoms with van der Waals surface area (Å²) in [6.07, 6.45) is 7.48. The lowest BCUT2D eigenvalue weighted by Crippen LogP contribution is -2.46. The number of nitrogens with zero attached hydrogens (tertiary/aromatic N) is 3. The predicted molar refractivity (Wildman–Crippen MR) is 131 cm³/mol. The monoisotopic (exact) mass is 515 g/mol. The van der Waals surface area contributed by atoms with Crippen molar-refractivity contribution in [2.24, 2.45) is 16.3 Å². The van der Waals surface area contributed by atoms with E-state index in [1.807, 2.05) is 13.2 Å². The van der Waals surface area contributed by atoms with Crippen molar-refractivity contribution in [2.45, 2.75) is 59.1 Å². The molecule has 1 aromatic heterocycles. The highest BCUT2D eigenvalue weighted by molar-refractivity contribution is 14.0. The summed E-state index contributed by atoms with van der Waals surface area (Å²) in [7, 11) is 1.85. The van der Waals surface area contributed by atoms with Gasteiger partial charge in [-0.1, -0.05) is 20.3 Å². The average molecular weight is 515 g/mol. The van der Waals surface area contributed by atoms with Gasteiger partial charge in [0.2, 0.25) is 0 Å². The summed E-state index contributed by atoms with van der Waals surface area (Å²) < 4.78 is 5.64. The SMILES string of the molecule is CN=C(NCc1ccnc(N2CCOC(C)C2)c1)NCC1(CC(C)C)CCC1.I. The summed E-state index contributed by atoms with van der Waals surface area (Å²) in [4.78, 5) is 11.3. The maximum absolute atomic E-state index is 5.64. The maximum atomic E-state index is 5.64. The van der Waals surface area contributed by atoms with Crippen LogP contribution in [0.4, 0.5) is 5.82 Å². The highest BCUT2D eigenvalue weighted by Crippen LogP contribution is 2.45. The maximum Gasteiger partial charge on any atom is 0.191 e. The van der Waals surface area contributed by atoms with Crippen LogP contribution in [-0.4, -0.2) is 50.3 Å². The molecule has 2 fully saturated rings. The first-order valence-electron chi connectivity index (χ1n) is 10.8. The summed E-state index contributed by atoms with van der Waals surface area (Å²) in [6.45, 7) is 11.1. The van der Waals surface area contributed by atoms with E-state index in [4.69, 9.17) is 4.74 Å². The first-order chi connectivity index (χ1) is 13.5. The van der Waals surface area contributed by atoms with Gasteiger partial charge in [-0.25, -0.2) is 4.98 Å². The average Bonchev–Trinajstić information content (AvgIpc) is 2.66. The minimum absolute atomic E-state index is 0. The molecular weight excluding hydrogens is 477 g/mol. The van der Waals surface area contributed by atoms with Crippen molar-refractivity contribution in [2.75, 3.05) is 38.2 Å². The molecule has 0 aromatic carbocycles. The Balaban J connectivity index is 0.00000300. The summed E-state index contributed by atoms with van der Waals surface area (Å²) in [5, 5.41) is 7.03. The van der Waals surface area contributed by atoms with E-state index in [1.165, 1.54) is 31.2 Å². The smallest absolute Gasteiger partial charge is 0.191 e. The molecule has 1 aromatic rings. The lowest BCUT2D eigenvalue weighted by Gasteiger charge is -2.43. The van der Waals surface area contributed by atoms with E-state index in [1.54, 1.807) is 0 Å². The molecule has 7 heteroatoms. The molecule has 0 radical (unpaired) electrons. The van der Waals surface area contributed by atoms with Gasteiger partial charge in [0.15, 0.2) is 5.96 Å². The Morgan fingerprint density at radius 3 is 2.79 bits per heavy atom. The van der Waals surface area contributed by atoms with E-state index >= 15 is 0 Å². The van der Waals surface area contributed by atoms with Gasteiger partial charge in [-0.3, -0.25) is 4.99 Å². The molecular formula is C22H38IN5O. The number of morpholine rings is 1. The Kier molecular flexibility index (Phi) is 9.46. The second kappa shape index (κ2) is 11.3. The van der Waals surface area contributed by atoms with Gasteiger partial charge in [0.25, 0.3) is 0 Å². The highest BCUT2D eigenvalue weighted by Gasteiger charge is 2.37. The standard InChI is InChI=1S/C22H37N5O.HI/c1-17(2)13-22(7-5-8-22)16-26-21(23-4)25-14-19-6-9-24-20(12-19)27-10-11-28-18(3)15-27;/h6,9,12,17-18H,5,7-8,10-11,13-16H2,1-4H3,(H2,23,25,26);1H. The van der Waals surface area contributed by atoms with Gasteiger partial charge in [-0.05, 0) is 55.2 Å². The van der Waals surface area contributed by atoms with Crippen LogP contribution in [0.5, 0.6) is 0 Å². The molecule has 1 saturated heterocycles. The number of rotatable bonds is 7. The number of aliphatic imine (C=N–C) groups is 1.